The van der Waals surface area contributed by atoms with Gasteiger partial charge in [0.25, 0.3) is 0 Å². The van der Waals surface area contributed by atoms with Gasteiger partial charge in [0.2, 0.25) is 0 Å². The molecule has 3 aromatic carbocycles. The number of hydrogen-bond acceptors (Lipinski definition) is 7. The number of carbonyl (C=O) groups excluding carboxylic acids is 1. The van der Waals surface area contributed by atoms with Gasteiger partial charge in [0.1, 0.15) is 12.4 Å². The topological polar surface area (TPSA) is 87.2 Å². The van der Waals surface area contributed by atoms with Gasteiger partial charge in [-0.1, -0.05) is 60.7 Å². The van der Waals surface area contributed by atoms with E-state index in [-0.39, 0.29) is 41.2 Å². The zero-order valence-corrected chi connectivity index (χ0v) is 23.7. The fourth-order valence-corrected chi connectivity index (χ4v) is 4.82. The molecule has 0 saturated carbocycles. The SMILES string of the molecule is O=C([O-])c1ccccc1CNC(c1ccnc(-c2ccc(OCc3ccccc3)cc2)n1)c1cccs1.[Na+]. The van der Waals surface area contributed by atoms with E-state index in [0.717, 1.165) is 27.4 Å². The minimum Gasteiger partial charge on any atom is -0.545 e. The first-order chi connectivity index (χ1) is 18.2. The Labute approximate surface area is 247 Å². The van der Waals surface area contributed by atoms with Crippen LogP contribution in [0.15, 0.2) is 109 Å². The van der Waals surface area contributed by atoms with E-state index >= 15 is 0 Å². The molecular formula is C30H24N3NaO3S. The summed E-state index contributed by atoms with van der Waals surface area (Å²) in [6.07, 6.45) is 1.74. The quantitative estimate of drug-likeness (QED) is 0.279. The van der Waals surface area contributed by atoms with Gasteiger partial charge in [-0.2, -0.15) is 0 Å². The Balaban J connectivity index is 0.00000336. The van der Waals surface area contributed by atoms with Gasteiger partial charge in [-0.3, -0.25) is 0 Å². The molecule has 0 aliphatic heterocycles. The normalized spacial score (nSPS) is 11.4. The van der Waals surface area contributed by atoms with Crippen LogP contribution in [0.2, 0.25) is 0 Å². The first kappa shape index (κ1) is 27.7. The standard InChI is InChI=1S/C30H25N3O3S.Na/c34-30(35)25-10-5-4-9-23(25)19-32-28(27-11-6-18-37-27)26-16-17-31-29(33-26)22-12-14-24(15-13-22)36-20-21-7-2-1-3-8-21;/h1-18,28,32H,19-20H2,(H,34,35);/q;+1/p-1. The number of hydrogen-bond donors (Lipinski definition) is 1. The molecule has 0 spiro atoms. The minimum absolute atomic E-state index is 0. The molecule has 1 atom stereocenters. The van der Waals surface area contributed by atoms with Gasteiger partial charge in [0, 0.05) is 28.7 Å². The number of benzene rings is 3. The summed E-state index contributed by atoms with van der Waals surface area (Å²) < 4.78 is 5.90. The molecular weight excluding hydrogens is 505 g/mol. The molecule has 0 aliphatic carbocycles. The third-order valence-electron chi connectivity index (χ3n) is 5.90. The van der Waals surface area contributed by atoms with E-state index in [1.807, 2.05) is 84.2 Å². The van der Waals surface area contributed by atoms with Crippen molar-refractivity contribution in [3.63, 3.8) is 0 Å². The molecule has 8 heteroatoms. The van der Waals surface area contributed by atoms with Crippen LogP contribution in [0.3, 0.4) is 0 Å². The summed E-state index contributed by atoms with van der Waals surface area (Å²) in [5, 5.41) is 17.0. The second kappa shape index (κ2) is 13.5. The van der Waals surface area contributed by atoms with Crippen LogP contribution in [0.25, 0.3) is 11.4 Å². The third-order valence-corrected chi connectivity index (χ3v) is 6.83. The van der Waals surface area contributed by atoms with E-state index in [4.69, 9.17) is 9.72 Å². The summed E-state index contributed by atoms with van der Waals surface area (Å²) in [4.78, 5) is 22.0. The predicted molar refractivity (Wildman–Crippen MR) is 142 cm³/mol. The van der Waals surface area contributed by atoms with Crippen LogP contribution in [-0.4, -0.2) is 15.9 Å². The zero-order valence-electron chi connectivity index (χ0n) is 20.9. The van der Waals surface area contributed by atoms with Crippen molar-refractivity contribution in [3.05, 3.63) is 136 Å². The summed E-state index contributed by atoms with van der Waals surface area (Å²) in [6.45, 7) is 0.848. The summed E-state index contributed by atoms with van der Waals surface area (Å²) in [6, 6.07) is 30.3. The summed E-state index contributed by atoms with van der Waals surface area (Å²) in [5.74, 6) is 0.185. The van der Waals surface area contributed by atoms with Crippen molar-refractivity contribution in [3.8, 4) is 17.1 Å². The molecule has 2 heterocycles. The Kier molecular flexibility index (Phi) is 9.81. The number of carboxylic acids is 1. The Hall–Kier alpha value is -3.33. The molecule has 1 unspecified atom stereocenters. The van der Waals surface area contributed by atoms with Crippen LogP contribution >= 0.6 is 11.3 Å². The molecule has 2 aromatic heterocycles. The number of nitrogens with one attached hydrogen (secondary N) is 1. The molecule has 6 nitrogen and oxygen atoms in total. The van der Waals surface area contributed by atoms with Crippen molar-refractivity contribution in [2.24, 2.45) is 0 Å². The zero-order chi connectivity index (χ0) is 25.5. The third kappa shape index (κ3) is 6.95. The molecule has 0 fully saturated rings. The summed E-state index contributed by atoms with van der Waals surface area (Å²) in [7, 11) is 0. The van der Waals surface area contributed by atoms with E-state index < -0.39 is 5.97 Å². The van der Waals surface area contributed by atoms with Gasteiger partial charge in [0.15, 0.2) is 5.82 Å². The molecule has 0 radical (unpaired) electrons. The maximum absolute atomic E-state index is 11.5. The van der Waals surface area contributed by atoms with Gasteiger partial charge in [-0.15, -0.1) is 11.3 Å². The maximum Gasteiger partial charge on any atom is 1.00 e. The van der Waals surface area contributed by atoms with E-state index in [9.17, 15) is 9.90 Å². The fraction of sp³-hybridized carbons (Fsp3) is 0.100. The van der Waals surface area contributed by atoms with Crippen molar-refractivity contribution >= 4 is 17.3 Å². The molecule has 0 bridgehead atoms. The first-order valence-corrected chi connectivity index (χ1v) is 12.7. The largest absolute Gasteiger partial charge is 1.00 e. The molecule has 1 N–H and O–H groups in total. The van der Waals surface area contributed by atoms with Gasteiger partial charge in [-0.05, 0) is 52.9 Å². The van der Waals surface area contributed by atoms with Crippen LogP contribution in [-0.2, 0) is 13.2 Å². The van der Waals surface area contributed by atoms with Crippen molar-refractivity contribution in [1.29, 1.82) is 0 Å². The van der Waals surface area contributed by atoms with Crippen molar-refractivity contribution < 1.29 is 44.2 Å². The molecule has 184 valence electrons. The number of carbonyl (C=O) groups is 1. The second-order valence-corrected chi connectivity index (χ2v) is 9.36. The number of carboxylic acid groups (broad SMARTS) is 1. The van der Waals surface area contributed by atoms with Crippen LogP contribution < -0.4 is 44.7 Å². The van der Waals surface area contributed by atoms with Gasteiger partial charge >= 0.3 is 29.6 Å². The summed E-state index contributed by atoms with van der Waals surface area (Å²) >= 11 is 1.61. The van der Waals surface area contributed by atoms with E-state index in [1.54, 1.807) is 35.7 Å². The summed E-state index contributed by atoms with van der Waals surface area (Å²) in [5.41, 5.74) is 3.61. The number of aromatic nitrogens is 2. The number of nitrogens with zero attached hydrogens (tertiary/aromatic N) is 2. The molecule has 5 aromatic rings. The fourth-order valence-electron chi connectivity index (χ4n) is 4.01. The predicted octanol–water partition coefficient (Wildman–Crippen LogP) is 2.03. The van der Waals surface area contributed by atoms with Gasteiger partial charge in [0.05, 0.1) is 17.7 Å². The van der Waals surface area contributed by atoms with E-state index in [1.165, 1.54) is 0 Å². The van der Waals surface area contributed by atoms with Crippen LogP contribution in [0.1, 0.15) is 38.1 Å². The van der Waals surface area contributed by atoms with E-state index in [0.29, 0.717) is 24.5 Å². The Morgan fingerprint density at radius 3 is 2.42 bits per heavy atom. The van der Waals surface area contributed by atoms with Crippen LogP contribution in [0.5, 0.6) is 5.75 Å². The average Bonchev–Trinajstić information content (AvgIpc) is 3.48. The number of thiophene rings is 1. The van der Waals surface area contributed by atoms with Crippen LogP contribution in [0, 0.1) is 0 Å². The monoisotopic (exact) mass is 529 g/mol. The van der Waals surface area contributed by atoms with Crippen molar-refractivity contribution in [2.75, 3.05) is 0 Å². The molecule has 0 amide bonds. The Bertz CT molecular complexity index is 1460. The van der Waals surface area contributed by atoms with Gasteiger partial charge in [-0.25, -0.2) is 9.97 Å². The maximum atomic E-state index is 11.5. The average molecular weight is 530 g/mol. The Morgan fingerprint density at radius 2 is 1.68 bits per heavy atom. The smallest absolute Gasteiger partial charge is 0.545 e. The first-order valence-electron chi connectivity index (χ1n) is 11.8. The Morgan fingerprint density at radius 1 is 0.921 bits per heavy atom. The molecule has 5 rings (SSSR count). The number of rotatable bonds is 10. The van der Waals surface area contributed by atoms with Crippen molar-refractivity contribution in [1.82, 2.24) is 15.3 Å². The second-order valence-electron chi connectivity index (χ2n) is 8.38. The molecule has 38 heavy (non-hydrogen) atoms. The molecule has 0 saturated heterocycles. The van der Waals surface area contributed by atoms with Crippen LogP contribution in [0.4, 0.5) is 0 Å². The van der Waals surface area contributed by atoms with Crippen molar-refractivity contribution in [2.45, 2.75) is 19.2 Å². The van der Waals surface area contributed by atoms with E-state index in [2.05, 4.69) is 10.3 Å². The number of aromatic carboxylic acids is 1. The van der Waals surface area contributed by atoms with Gasteiger partial charge < -0.3 is 20.0 Å². The number of ether oxygens (including phenoxy) is 1. The minimum atomic E-state index is -1.19. The molecule has 0 aliphatic rings.